The minimum atomic E-state index is 0.116. The maximum atomic E-state index is 12.7. The molecule has 1 aliphatic heterocycles. The number of amides is 1. The number of aryl methyl sites for hydroxylation is 1. The molecule has 0 bridgehead atoms. The van der Waals surface area contributed by atoms with Crippen LogP contribution in [0.3, 0.4) is 0 Å². The second kappa shape index (κ2) is 10.9. The highest BCUT2D eigenvalue weighted by Gasteiger charge is 2.38. The Morgan fingerprint density at radius 2 is 1.53 bits per heavy atom. The van der Waals surface area contributed by atoms with Crippen LogP contribution in [0.5, 0.6) is 17.2 Å². The molecule has 1 aromatic rings. The van der Waals surface area contributed by atoms with Crippen molar-refractivity contribution in [1.82, 2.24) is 10.2 Å². The van der Waals surface area contributed by atoms with Crippen molar-refractivity contribution in [2.45, 2.75) is 69.7 Å². The zero-order chi connectivity index (χ0) is 21.4. The molecule has 6 heteroatoms. The summed E-state index contributed by atoms with van der Waals surface area (Å²) in [5.41, 5.74) is 1.17. The summed E-state index contributed by atoms with van der Waals surface area (Å²) in [6.45, 7) is 3.14. The molecule has 6 nitrogen and oxygen atoms in total. The van der Waals surface area contributed by atoms with Crippen molar-refractivity contribution in [3.63, 3.8) is 0 Å². The number of carbonyl (C=O) groups excluding carboxylic acids is 1. The van der Waals surface area contributed by atoms with E-state index in [1.54, 1.807) is 21.3 Å². The SMILES string of the molecule is COc1cc(CCC(=O)NCC2(N3CCCCC3)CCCCC2)cc(OC)c1OC. The van der Waals surface area contributed by atoms with Crippen molar-refractivity contribution < 1.29 is 19.0 Å². The van der Waals surface area contributed by atoms with E-state index in [0.717, 1.165) is 12.1 Å². The second-order valence-electron chi connectivity index (χ2n) is 8.64. The molecule has 1 saturated heterocycles. The topological polar surface area (TPSA) is 60.0 Å². The maximum absolute atomic E-state index is 12.7. The fourth-order valence-corrected chi connectivity index (χ4v) is 5.07. The third kappa shape index (κ3) is 5.39. The van der Waals surface area contributed by atoms with Gasteiger partial charge in [-0.2, -0.15) is 0 Å². The highest BCUT2D eigenvalue weighted by molar-refractivity contribution is 5.76. The summed E-state index contributed by atoms with van der Waals surface area (Å²) in [7, 11) is 4.81. The Labute approximate surface area is 181 Å². The molecule has 1 aliphatic carbocycles. The van der Waals surface area contributed by atoms with Gasteiger partial charge in [-0.15, -0.1) is 0 Å². The van der Waals surface area contributed by atoms with Crippen LogP contribution in [0, 0.1) is 0 Å². The minimum absolute atomic E-state index is 0.116. The lowest BCUT2D eigenvalue weighted by Crippen LogP contribution is -2.58. The van der Waals surface area contributed by atoms with E-state index in [2.05, 4.69) is 10.2 Å². The monoisotopic (exact) mass is 418 g/mol. The number of benzene rings is 1. The normalized spacial score (nSPS) is 19.2. The molecule has 168 valence electrons. The molecule has 1 amide bonds. The number of hydrogen-bond acceptors (Lipinski definition) is 5. The molecule has 0 atom stereocenters. The number of hydrogen-bond donors (Lipinski definition) is 1. The number of ether oxygens (including phenoxy) is 3. The molecule has 1 heterocycles. The van der Waals surface area contributed by atoms with Gasteiger partial charge >= 0.3 is 0 Å². The Morgan fingerprint density at radius 3 is 2.10 bits per heavy atom. The van der Waals surface area contributed by atoms with Gasteiger partial charge in [-0.05, 0) is 62.9 Å². The number of rotatable bonds is 9. The maximum Gasteiger partial charge on any atom is 0.220 e. The van der Waals surface area contributed by atoms with Crippen molar-refractivity contribution in [3.05, 3.63) is 17.7 Å². The molecule has 30 heavy (non-hydrogen) atoms. The van der Waals surface area contributed by atoms with Crippen molar-refractivity contribution in [3.8, 4) is 17.2 Å². The molecular weight excluding hydrogens is 380 g/mol. The fourth-order valence-electron chi connectivity index (χ4n) is 5.07. The third-order valence-electron chi connectivity index (χ3n) is 6.79. The molecule has 1 N–H and O–H groups in total. The van der Waals surface area contributed by atoms with E-state index >= 15 is 0 Å². The number of piperidine rings is 1. The smallest absolute Gasteiger partial charge is 0.220 e. The van der Waals surface area contributed by atoms with Gasteiger partial charge in [0, 0.05) is 18.5 Å². The number of carbonyl (C=O) groups is 1. The van der Waals surface area contributed by atoms with E-state index in [-0.39, 0.29) is 11.4 Å². The molecule has 0 unspecified atom stereocenters. The van der Waals surface area contributed by atoms with Gasteiger partial charge in [-0.3, -0.25) is 9.69 Å². The zero-order valence-electron chi connectivity index (χ0n) is 18.9. The van der Waals surface area contributed by atoms with Crippen molar-refractivity contribution >= 4 is 5.91 Å². The first kappa shape index (κ1) is 22.7. The molecule has 2 aliphatic rings. The van der Waals surface area contributed by atoms with Crippen LogP contribution in [0.25, 0.3) is 0 Å². The first-order valence-electron chi connectivity index (χ1n) is 11.4. The van der Waals surface area contributed by atoms with Gasteiger partial charge in [0.1, 0.15) is 0 Å². The Morgan fingerprint density at radius 1 is 0.933 bits per heavy atom. The summed E-state index contributed by atoms with van der Waals surface area (Å²) in [5, 5.41) is 3.27. The van der Waals surface area contributed by atoms with Crippen molar-refractivity contribution in [1.29, 1.82) is 0 Å². The second-order valence-corrected chi connectivity index (χ2v) is 8.64. The highest BCUT2D eigenvalue weighted by atomic mass is 16.5. The van der Waals surface area contributed by atoms with Crippen LogP contribution in [0.1, 0.15) is 63.4 Å². The summed E-state index contributed by atoms with van der Waals surface area (Å²) in [6, 6.07) is 3.84. The number of likely N-dealkylation sites (tertiary alicyclic amines) is 1. The molecule has 0 radical (unpaired) electrons. The minimum Gasteiger partial charge on any atom is -0.493 e. The summed E-state index contributed by atoms with van der Waals surface area (Å²) >= 11 is 0. The Bertz CT molecular complexity index is 669. The molecular formula is C24H38N2O4. The van der Waals surface area contributed by atoms with Crippen molar-refractivity contribution in [2.24, 2.45) is 0 Å². The summed E-state index contributed by atoms with van der Waals surface area (Å²) in [4.78, 5) is 15.4. The fraction of sp³-hybridized carbons (Fsp3) is 0.708. The molecule has 0 spiro atoms. The summed E-state index contributed by atoms with van der Waals surface area (Å²) in [6.07, 6.45) is 11.3. The van der Waals surface area contributed by atoms with E-state index in [1.165, 1.54) is 64.5 Å². The predicted molar refractivity (Wildman–Crippen MR) is 119 cm³/mol. The first-order chi connectivity index (χ1) is 14.6. The Balaban J connectivity index is 1.58. The molecule has 1 aromatic carbocycles. The number of nitrogens with one attached hydrogen (secondary N) is 1. The average Bonchev–Trinajstić information content (AvgIpc) is 2.81. The third-order valence-corrected chi connectivity index (χ3v) is 6.79. The Hall–Kier alpha value is -1.95. The molecule has 1 saturated carbocycles. The van der Waals surface area contributed by atoms with Gasteiger partial charge < -0.3 is 19.5 Å². The highest BCUT2D eigenvalue weighted by Crippen LogP contribution is 2.38. The lowest BCUT2D eigenvalue weighted by molar-refractivity contribution is -0.122. The average molecular weight is 419 g/mol. The lowest BCUT2D eigenvalue weighted by atomic mass is 9.79. The molecule has 0 aromatic heterocycles. The lowest BCUT2D eigenvalue weighted by Gasteiger charge is -2.48. The summed E-state index contributed by atoms with van der Waals surface area (Å²) in [5.74, 6) is 1.94. The number of methoxy groups -OCH3 is 3. The predicted octanol–water partition coefficient (Wildman–Crippen LogP) is 3.95. The van der Waals surface area contributed by atoms with Gasteiger partial charge in [0.15, 0.2) is 11.5 Å². The zero-order valence-corrected chi connectivity index (χ0v) is 18.9. The van der Waals surface area contributed by atoms with E-state index in [9.17, 15) is 4.79 Å². The van der Waals surface area contributed by atoms with Gasteiger partial charge in [0.2, 0.25) is 11.7 Å². The van der Waals surface area contributed by atoms with Gasteiger partial charge in [-0.1, -0.05) is 25.7 Å². The first-order valence-corrected chi connectivity index (χ1v) is 11.4. The van der Waals surface area contributed by atoms with E-state index in [0.29, 0.717) is 30.1 Å². The van der Waals surface area contributed by atoms with Crippen LogP contribution in [0.2, 0.25) is 0 Å². The van der Waals surface area contributed by atoms with Crippen LogP contribution in [-0.4, -0.2) is 57.3 Å². The van der Waals surface area contributed by atoms with Crippen LogP contribution >= 0.6 is 0 Å². The Kier molecular flexibility index (Phi) is 8.25. The van der Waals surface area contributed by atoms with E-state index in [1.807, 2.05) is 12.1 Å². The van der Waals surface area contributed by atoms with Crippen molar-refractivity contribution in [2.75, 3.05) is 41.0 Å². The van der Waals surface area contributed by atoms with Gasteiger partial charge in [0.05, 0.1) is 21.3 Å². The van der Waals surface area contributed by atoms with Gasteiger partial charge in [-0.25, -0.2) is 0 Å². The van der Waals surface area contributed by atoms with Crippen LogP contribution < -0.4 is 19.5 Å². The summed E-state index contributed by atoms with van der Waals surface area (Å²) < 4.78 is 16.2. The molecule has 3 rings (SSSR count). The largest absolute Gasteiger partial charge is 0.493 e. The van der Waals surface area contributed by atoms with Crippen LogP contribution in [0.4, 0.5) is 0 Å². The van der Waals surface area contributed by atoms with Gasteiger partial charge in [0.25, 0.3) is 0 Å². The van der Waals surface area contributed by atoms with E-state index < -0.39 is 0 Å². The van der Waals surface area contributed by atoms with Crippen LogP contribution in [-0.2, 0) is 11.2 Å². The standard InChI is InChI=1S/C24H38N2O4/c1-28-20-16-19(17-21(29-2)23(20)30-3)10-11-22(27)25-18-24(12-6-4-7-13-24)26-14-8-5-9-15-26/h16-17H,4-15,18H2,1-3H3,(H,25,27). The molecule has 2 fully saturated rings. The van der Waals surface area contributed by atoms with E-state index in [4.69, 9.17) is 14.2 Å². The quantitative estimate of drug-likeness (QED) is 0.658. The number of nitrogens with zero attached hydrogens (tertiary/aromatic N) is 1. The van der Waals surface area contributed by atoms with Crippen LogP contribution in [0.15, 0.2) is 12.1 Å².